The topological polar surface area (TPSA) is 71.3 Å². The standard InChI is InChI=1S/C24H17F3N2O3/c25-24(26,27)17-11-9-15(10-12-17)14-29-20-8-4-1-5-16(20)13-21(29)22(30)28-19-7-3-2-6-18(19)23(31)32/h1-13H,14H2,(H,28,30)(H,31,32). The number of para-hydroxylation sites is 2. The van der Waals surface area contributed by atoms with Crippen LogP contribution >= 0.6 is 0 Å². The first-order valence-electron chi connectivity index (χ1n) is 9.62. The highest BCUT2D eigenvalue weighted by Gasteiger charge is 2.30. The molecule has 1 aromatic heterocycles. The fraction of sp³-hybridized carbons (Fsp3) is 0.0833. The van der Waals surface area contributed by atoms with Crippen molar-refractivity contribution in [3.8, 4) is 0 Å². The van der Waals surface area contributed by atoms with Gasteiger partial charge in [-0.2, -0.15) is 13.2 Å². The van der Waals surface area contributed by atoms with Gasteiger partial charge in [-0.25, -0.2) is 4.79 Å². The highest BCUT2D eigenvalue weighted by molar-refractivity contribution is 6.09. The summed E-state index contributed by atoms with van der Waals surface area (Å²) in [6.45, 7) is 0.162. The average molecular weight is 438 g/mol. The van der Waals surface area contributed by atoms with Crippen LogP contribution in [0, 0.1) is 0 Å². The first kappa shape index (κ1) is 21.2. The Morgan fingerprint density at radius 3 is 2.25 bits per heavy atom. The second kappa shape index (κ2) is 8.22. The van der Waals surface area contributed by atoms with Crippen LogP contribution in [0.2, 0.25) is 0 Å². The van der Waals surface area contributed by atoms with Crippen LogP contribution in [-0.2, 0) is 12.7 Å². The fourth-order valence-corrected chi connectivity index (χ4v) is 3.52. The van der Waals surface area contributed by atoms with Gasteiger partial charge in [0, 0.05) is 17.4 Å². The van der Waals surface area contributed by atoms with Crippen LogP contribution in [0.4, 0.5) is 18.9 Å². The van der Waals surface area contributed by atoms with Gasteiger partial charge in [0.1, 0.15) is 5.69 Å². The van der Waals surface area contributed by atoms with Gasteiger partial charge in [0.15, 0.2) is 0 Å². The van der Waals surface area contributed by atoms with Crippen LogP contribution in [0.25, 0.3) is 10.9 Å². The van der Waals surface area contributed by atoms with E-state index in [-0.39, 0.29) is 23.5 Å². The Bertz CT molecular complexity index is 1310. The SMILES string of the molecule is O=C(O)c1ccccc1NC(=O)c1cc2ccccc2n1Cc1ccc(C(F)(F)F)cc1. The van der Waals surface area contributed by atoms with Gasteiger partial charge in [-0.3, -0.25) is 4.79 Å². The normalized spacial score (nSPS) is 11.5. The molecule has 2 N–H and O–H groups in total. The molecule has 0 saturated carbocycles. The number of alkyl halides is 3. The highest BCUT2D eigenvalue weighted by Crippen LogP contribution is 2.30. The number of hydrogen-bond donors (Lipinski definition) is 2. The van der Waals surface area contributed by atoms with Gasteiger partial charge in [-0.1, -0.05) is 42.5 Å². The van der Waals surface area contributed by atoms with Crippen molar-refractivity contribution in [2.75, 3.05) is 5.32 Å². The molecule has 4 aromatic rings. The summed E-state index contributed by atoms with van der Waals surface area (Å²) in [7, 11) is 0. The molecule has 8 heteroatoms. The van der Waals surface area contributed by atoms with E-state index in [1.807, 2.05) is 12.1 Å². The molecular weight excluding hydrogens is 421 g/mol. The van der Waals surface area contributed by atoms with E-state index >= 15 is 0 Å². The number of aromatic carboxylic acids is 1. The van der Waals surface area contributed by atoms with Gasteiger partial charge in [0.05, 0.1) is 16.8 Å². The van der Waals surface area contributed by atoms with Crippen molar-refractivity contribution in [1.29, 1.82) is 0 Å². The molecule has 5 nitrogen and oxygen atoms in total. The third kappa shape index (κ3) is 4.20. The molecule has 162 valence electrons. The van der Waals surface area contributed by atoms with Gasteiger partial charge in [-0.05, 0) is 42.0 Å². The van der Waals surface area contributed by atoms with Gasteiger partial charge >= 0.3 is 12.1 Å². The highest BCUT2D eigenvalue weighted by atomic mass is 19.4. The lowest BCUT2D eigenvalue weighted by molar-refractivity contribution is -0.137. The Morgan fingerprint density at radius 2 is 1.56 bits per heavy atom. The van der Waals surface area contributed by atoms with Crippen molar-refractivity contribution in [3.63, 3.8) is 0 Å². The molecule has 32 heavy (non-hydrogen) atoms. The van der Waals surface area contributed by atoms with Crippen molar-refractivity contribution >= 4 is 28.5 Å². The number of carbonyl (C=O) groups excluding carboxylic acids is 1. The average Bonchev–Trinajstić information content (AvgIpc) is 3.12. The summed E-state index contributed by atoms with van der Waals surface area (Å²) in [5.41, 5.74) is 0.916. The van der Waals surface area contributed by atoms with E-state index in [4.69, 9.17) is 0 Å². The van der Waals surface area contributed by atoms with E-state index in [1.54, 1.807) is 34.9 Å². The predicted molar refractivity (Wildman–Crippen MR) is 114 cm³/mol. The Kier molecular flexibility index (Phi) is 5.44. The van der Waals surface area contributed by atoms with Gasteiger partial charge in [0.25, 0.3) is 5.91 Å². The number of carboxylic acid groups (broad SMARTS) is 1. The summed E-state index contributed by atoms with van der Waals surface area (Å²) < 4.78 is 40.3. The molecule has 0 radical (unpaired) electrons. The number of rotatable bonds is 5. The van der Waals surface area contributed by atoms with Crippen molar-refractivity contribution in [2.45, 2.75) is 12.7 Å². The Balaban J connectivity index is 1.71. The molecular formula is C24H17F3N2O3. The summed E-state index contributed by atoms with van der Waals surface area (Å²) in [5, 5.41) is 12.8. The van der Waals surface area contributed by atoms with E-state index in [0.717, 1.165) is 23.0 Å². The largest absolute Gasteiger partial charge is 0.478 e. The fourth-order valence-electron chi connectivity index (χ4n) is 3.52. The summed E-state index contributed by atoms with van der Waals surface area (Å²) >= 11 is 0. The lowest BCUT2D eigenvalue weighted by atomic mass is 10.1. The van der Waals surface area contributed by atoms with Gasteiger partial charge < -0.3 is 15.0 Å². The van der Waals surface area contributed by atoms with E-state index in [9.17, 15) is 27.9 Å². The van der Waals surface area contributed by atoms with Crippen LogP contribution in [0.3, 0.4) is 0 Å². The molecule has 0 aliphatic heterocycles. The first-order valence-corrected chi connectivity index (χ1v) is 9.62. The number of benzene rings is 3. The van der Waals surface area contributed by atoms with E-state index in [0.29, 0.717) is 5.56 Å². The van der Waals surface area contributed by atoms with Crippen molar-refractivity contribution in [1.82, 2.24) is 4.57 Å². The molecule has 0 aliphatic rings. The molecule has 0 unspecified atom stereocenters. The summed E-state index contributed by atoms with van der Waals surface area (Å²) in [5.74, 6) is -1.70. The number of carboxylic acids is 1. The van der Waals surface area contributed by atoms with E-state index in [2.05, 4.69) is 5.32 Å². The monoisotopic (exact) mass is 438 g/mol. The number of nitrogens with zero attached hydrogens (tertiary/aromatic N) is 1. The molecule has 1 amide bonds. The molecule has 0 fully saturated rings. The first-order chi connectivity index (χ1) is 15.2. The Morgan fingerprint density at radius 1 is 0.906 bits per heavy atom. The molecule has 1 heterocycles. The van der Waals surface area contributed by atoms with Gasteiger partial charge in [0.2, 0.25) is 0 Å². The summed E-state index contributed by atoms with van der Waals surface area (Å²) in [4.78, 5) is 24.5. The molecule has 4 rings (SSSR count). The number of fused-ring (bicyclic) bond motifs is 1. The smallest absolute Gasteiger partial charge is 0.416 e. The molecule has 3 aromatic carbocycles. The zero-order valence-electron chi connectivity index (χ0n) is 16.6. The van der Waals surface area contributed by atoms with Crippen LogP contribution < -0.4 is 5.32 Å². The number of carbonyl (C=O) groups is 2. The molecule has 0 bridgehead atoms. The van der Waals surface area contributed by atoms with Crippen LogP contribution in [0.5, 0.6) is 0 Å². The summed E-state index contributed by atoms with van der Waals surface area (Å²) in [6.07, 6.45) is -4.43. The van der Waals surface area contributed by atoms with Crippen LogP contribution in [-0.4, -0.2) is 21.6 Å². The predicted octanol–water partition coefficient (Wildman–Crippen LogP) is 5.66. The van der Waals surface area contributed by atoms with E-state index < -0.39 is 23.6 Å². The molecule has 0 saturated heterocycles. The maximum Gasteiger partial charge on any atom is 0.416 e. The minimum atomic E-state index is -4.43. The van der Waals surface area contributed by atoms with Crippen molar-refractivity contribution < 1.29 is 27.9 Å². The minimum Gasteiger partial charge on any atom is -0.478 e. The van der Waals surface area contributed by atoms with Crippen LogP contribution in [0.15, 0.2) is 78.9 Å². The Hall–Kier alpha value is -4.07. The molecule has 0 aliphatic carbocycles. The number of halogens is 3. The number of aromatic nitrogens is 1. The van der Waals surface area contributed by atoms with Crippen molar-refractivity contribution in [3.05, 3.63) is 101 Å². The van der Waals surface area contributed by atoms with Crippen molar-refractivity contribution in [2.24, 2.45) is 0 Å². The minimum absolute atomic E-state index is 0.0498. The number of amides is 1. The number of hydrogen-bond acceptors (Lipinski definition) is 2. The number of anilines is 1. The third-order valence-corrected chi connectivity index (χ3v) is 5.07. The number of nitrogens with one attached hydrogen (secondary N) is 1. The second-order valence-corrected chi connectivity index (χ2v) is 7.17. The zero-order chi connectivity index (χ0) is 22.9. The van der Waals surface area contributed by atoms with E-state index in [1.165, 1.54) is 24.3 Å². The lowest BCUT2D eigenvalue weighted by Gasteiger charge is -2.13. The summed E-state index contributed by atoms with van der Waals surface area (Å²) in [6, 6.07) is 19.7. The van der Waals surface area contributed by atoms with Crippen LogP contribution in [0.1, 0.15) is 32.0 Å². The lowest BCUT2D eigenvalue weighted by Crippen LogP contribution is -2.19. The molecule has 0 spiro atoms. The Labute approximate surface area is 180 Å². The zero-order valence-corrected chi connectivity index (χ0v) is 16.6. The second-order valence-electron chi connectivity index (χ2n) is 7.17. The van der Waals surface area contributed by atoms with Gasteiger partial charge in [-0.15, -0.1) is 0 Å². The maximum absolute atomic E-state index is 13.1. The quantitative estimate of drug-likeness (QED) is 0.422. The molecule has 0 atom stereocenters. The third-order valence-electron chi connectivity index (χ3n) is 5.07. The maximum atomic E-state index is 13.1.